The fraction of sp³-hybridized carbons (Fsp3) is 0.273. The predicted octanol–water partition coefficient (Wildman–Crippen LogP) is 4.65. The predicted molar refractivity (Wildman–Crippen MR) is 120 cm³/mol. The van der Waals surface area contributed by atoms with Gasteiger partial charge in [0.2, 0.25) is 5.72 Å². The Labute approximate surface area is 183 Å². The molecule has 0 aliphatic carbocycles. The van der Waals surface area contributed by atoms with Crippen LogP contribution in [0, 0.1) is 12.8 Å². The van der Waals surface area contributed by atoms with Crippen LogP contribution in [0.5, 0.6) is 5.75 Å². The smallest absolute Gasteiger partial charge is 0.317 e. The van der Waals surface area contributed by atoms with E-state index in [1.54, 1.807) is 6.08 Å². The van der Waals surface area contributed by atoms with Gasteiger partial charge in [-0.2, -0.15) is 0 Å². The van der Waals surface area contributed by atoms with Crippen LogP contribution in [0.4, 0.5) is 5.69 Å². The number of ether oxygens (including phenoxy) is 2. The maximum absolute atomic E-state index is 13.1. The fourth-order valence-corrected chi connectivity index (χ4v) is 4.82. The second kappa shape index (κ2) is 7.46. The number of nitrogens with one attached hydrogen (secondary N) is 1. The number of rotatable bonds is 4. The first-order valence-electron chi connectivity index (χ1n) is 9.28. The van der Waals surface area contributed by atoms with Crippen LogP contribution in [0.15, 0.2) is 59.6 Å². The van der Waals surface area contributed by atoms with E-state index in [2.05, 4.69) is 27.8 Å². The Balaban J connectivity index is 1.86. The third-order valence-electron chi connectivity index (χ3n) is 5.35. The van der Waals surface area contributed by atoms with Crippen molar-refractivity contribution in [1.29, 1.82) is 0 Å². The Bertz CT molecular complexity index is 994. The summed E-state index contributed by atoms with van der Waals surface area (Å²) in [5, 5.41) is 3.86. The number of thiocarbonyl (C=S) groups is 1. The molecule has 1 N–H and O–H groups in total. The van der Waals surface area contributed by atoms with Crippen molar-refractivity contribution in [3.63, 3.8) is 0 Å². The summed E-state index contributed by atoms with van der Waals surface area (Å²) in [4.78, 5) is 15.0. The van der Waals surface area contributed by atoms with Crippen LogP contribution in [-0.2, 0) is 9.53 Å². The highest BCUT2D eigenvalue weighted by Gasteiger charge is 2.59. The van der Waals surface area contributed by atoms with E-state index in [0.29, 0.717) is 10.9 Å². The number of benzene rings is 2. The summed E-state index contributed by atoms with van der Waals surface area (Å²) in [6.45, 7) is 7.68. The van der Waals surface area contributed by atoms with Crippen LogP contribution in [0.3, 0.4) is 0 Å². The Hall–Kier alpha value is -2.38. The lowest BCUT2D eigenvalue weighted by molar-refractivity contribution is -0.159. The molecule has 0 spiro atoms. The first-order valence-corrected chi connectivity index (χ1v) is 10.5. The summed E-state index contributed by atoms with van der Waals surface area (Å²) in [7, 11) is 0. The van der Waals surface area contributed by atoms with E-state index < -0.39 is 11.6 Å². The number of carbonyl (C=O) groups is 1. The summed E-state index contributed by atoms with van der Waals surface area (Å²) >= 11 is 9.22. The van der Waals surface area contributed by atoms with Crippen molar-refractivity contribution in [1.82, 2.24) is 5.32 Å². The van der Waals surface area contributed by atoms with Crippen LogP contribution in [0.25, 0.3) is 0 Å². The first kappa shape index (κ1) is 19.9. The van der Waals surface area contributed by atoms with Crippen LogP contribution >= 0.6 is 28.1 Å². The molecule has 2 aliphatic heterocycles. The number of esters is 1. The summed E-state index contributed by atoms with van der Waals surface area (Å²) in [5.41, 5.74) is 1.79. The van der Waals surface area contributed by atoms with Gasteiger partial charge in [-0.25, -0.2) is 0 Å². The van der Waals surface area contributed by atoms with Gasteiger partial charge < -0.3 is 14.8 Å². The minimum Gasteiger partial charge on any atom is -0.466 e. The Morgan fingerprint density at radius 3 is 2.79 bits per heavy atom. The number of fused-ring (bicyclic) bond motifs is 4. The monoisotopic (exact) mass is 472 g/mol. The van der Waals surface area contributed by atoms with Crippen molar-refractivity contribution in [3.8, 4) is 5.75 Å². The van der Waals surface area contributed by atoms with Gasteiger partial charge in [-0.1, -0.05) is 46.3 Å². The molecule has 0 saturated carbocycles. The second-order valence-corrected chi connectivity index (χ2v) is 8.64. The number of aryl methyl sites for hydroxylation is 1. The SMILES string of the molecule is C=CCOC(=O)[C@H]1[C@H]2NC(=S)N(c3ccc(C)cc3)[C@@]1(C)Oc1ccc(Br)cc12. The van der Waals surface area contributed by atoms with Crippen molar-refractivity contribution < 1.29 is 14.3 Å². The average molecular weight is 473 g/mol. The zero-order valence-corrected chi connectivity index (χ0v) is 18.5. The normalized spacial score (nSPS) is 24.8. The summed E-state index contributed by atoms with van der Waals surface area (Å²) in [5.74, 6) is -0.298. The zero-order chi connectivity index (χ0) is 20.8. The maximum Gasteiger partial charge on any atom is 0.317 e. The van der Waals surface area contributed by atoms with Gasteiger partial charge in [0, 0.05) is 15.7 Å². The Morgan fingerprint density at radius 1 is 1.38 bits per heavy atom. The molecule has 150 valence electrons. The molecule has 7 heteroatoms. The molecule has 0 radical (unpaired) electrons. The van der Waals surface area contributed by atoms with Crippen molar-refractivity contribution in [3.05, 3.63) is 70.7 Å². The van der Waals surface area contributed by atoms with E-state index in [4.69, 9.17) is 21.7 Å². The lowest BCUT2D eigenvalue weighted by Crippen LogP contribution is -2.71. The number of hydrogen-bond donors (Lipinski definition) is 1. The molecule has 2 aromatic carbocycles. The van der Waals surface area contributed by atoms with Gasteiger partial charge >= 0.3 is 5.97 Å². The topological polar surface area (TPSA) is 50.8 Å². The molecule has 2 bridgehead atoms. The zero-order valence-electron chi connectivity index (χ0n) is 16.1. The number of nitrogens with zero attached hydrogens (tertiary/aromatic N) is 1. The largest absolute Gasteiger partial charge is 0.466 e. The van der Waals surface area contributed by atoms with Crippen molar-refractivity contribution in [2.45, 2.75) is 25.6 Å². The van der Waals surface area contributed by atoms with Crippen LogP contribution in [0.1, 0.15) is 24.1 Å². The molecule has 3 atom stereocenters. The highest BCUT2D eigenvalue weighted by Crippen LogP contribution is 2.50. The van der Waals surface area contributed by atoms with Gasteiger partial charge in [0.1, 0.15) is 18.3 Å². The van der Waals surface area contributed by atoms with Gasteiger partial charge in [-0.05, 0) is 56.4 Å². The van der Waals surface area contributed by atoms with E-state index in [1.807, 2.05) is 61.2 Å². The molecule has 29 heavy (non-hydrogen) atoms. The molecule has 4 rings (SSSR count). The van der Waals surface area contributed by atoms with E-state index in [0.717, 1.165) is 21.3 Å². The molecule has 0 amide bonds. The lowest BCUT2D eigenvalue weighted by Gasteiger charge is -2.55. The number of carbonyl (C=O) groups excluding carboxylic acids is 1. The highest BCUT2D eigenvalue weighted by atomic mass is 79.9. The molecule has 0 aromatic heterocycles. The summed E-state index contributed by atoms with van der Waals surface area (Å²) < 4.78 is 12.8. The summed E-state index contributed by atoms with van der Waals surface area (Å²) in [6, 6.07) is 13.4. The third kappa shape index (κ3) is 3.32. The van der Waals surface area contributed by atoms with Crippen molar-refractivity contribution in [2.24, 2.45) is 5.92 Å². The van der Waals surface area contributed by atoms with Gasteiger partial charge in [-0.3, -0.25) is 9.69 Å². The van der Waals surface area contributed by atoms with Gasteiger partial charge in [0.05, 0.1) is 6.04 Å². The second-order valence-electron chi connectivity index (χ2n) is 7.33. The molecule has 5 nitrogen and oxygen atoms in total. The van der Waals surface area contributed by atoms with Crippen molar-refractivity contribution >= 4 is 44.9 Å². The highest BCUT2D eigenvalue weighted by molar-refractivity contribution is 9.10. The van der Waals surface area contributed by atoms with E-state index in [9.17, 15) is 4.79 Å². The Morgan fingerprint density at radius 2 is 2.10 bits per heavy atom. The van der Waals surface area contributed by atoms with E-state index in [-0.39, 0.29) is 18.6 Å². The summed E-state index contributed by atoms with van der Waals surface area (Å²) in [6.07, 6.45) is 1.56. The molecule has 2 aliphatic rings. The Kier molecular flexibility index (Phi) is 5.12. The lowest BCUT2D eigenvalue weighted by atomic mass is 9.79. The van der Waals surface area contributed by atoms with Gasteiger partial charge in [0.25, 0.3) is 0 Å². The van der Waals surface area contributed by atoms with Crippen LogP contribution in [0.2, 0.25) is 0 Å². The molecule has 2 aromatic rings. The molecule has 1 saturated heterocycles. The number of halogens is 1. The van der Waals surface area contributed by atoms with Crippen LogP contribution in [-0.4, -0.2) is 23.4 Å². The standard InChI is InChI=1S/C22H21BrN2O3S/c1-4-11-27-20(26)18-19-16-12-14(23)7-10-17(16)28-22(18,3)25(21(29)24-19)15-8-5-13(2)6-9-15/h4-10,12,18-19H,1,11H2,2-3H3,(H,24,29)/t18-,19+,22+/m1/s1. The molecular formula is C22H21BrN2O3S. The quantitative estimate of drug-likeness (QED) is 0.397. The van der Waals surface area contributed by atoms with Gasteiger partial charge in [-0.15, -0.1) is 0 Å². The van der Waals surface area contributed by atoms with E-state index in [1.165, 1.54) is 0 Å². The average Bonchev–Trinajstić information content (AvgIpc) is 2.68. The first-order chi connectivity index (χ1) is 13.8. The van der Waals surface area contributed by atoms with Crippen LogP contribution < -0.4 is 15.0 Å². The molecule has 2 heterocycles. The minimum absolute atomic E-state index is 0.137. The van der Waals surface area contributed by atoms with Crippen molar-refractivity contribution in [2.75, 3.05) is 11.5 Å². The minimum atomic E-state index is -1.05. The third-order valence-corrected chi connectivity index (χ3v) is 6.14. The molecule has 0 unspecified atom stereocenters. The van der Waals surface area contributed by atoms with Gasteiger partial charge in [0.15, 0.2) is 5.11 Å². The molecular weight excluding hydrogens is 452 g/mol. The maximum atomic E-state index is 13.1. The number of anilines is 1. The fourth-order valence-electron chi connectivity index (χ4n) is 4.03. The van der Waals surface area contributed by atoms with E-state index >= 15 is 0 Å². The molecule has 1 fully saturated rings. The number of hydrogen-bond acceptors (Lipinski definition) is 4.